The van der Waals surface area contributed by atoms with Gasteiger partial charge in [0.05, 0.1) is 13.2 Å². The van der Waals surface area contributed by atoms with Crippen molar-refractivity contribution < 1.29 is 23.9 Å². The fourth-order valence-electron chi connectivity index (χ4n) is 2.19. The molecule has 1 fully saturated rings. The first kappa shape index (κ1) is 16.4. The Kier molecular flexibility index (Phi) is 6.44. The summed E-state index contributed by atoms with van der Waals surface area (Å²) in [6, 6.07) is -2.04. The van der Waals surface area contributed by atoms with Crippen LogP contribution in [0.1, 0.15) is 33.1 Å². The maximum Gasteiger partial charge on any atom is 0.332 e. The molecule has 0 saturated carbocycles. The topological polar surface area (TPSA) is 98.9 Å². The highest BCUT2D eigenvalue weighted by Crippen LogP contribution is 2.19. The van der Waals surface area contributed by atoms with Crippen LogP contribution < -0.4 is 5.73 Å². The van der Waals surface area contributed by atoms with Gasteiger partial charge >= 0.3 is 11.9 Å². The lowest BCUT2D eigenvalue weighted by Gasteiger charge is -2.35. The summed E-state index contributed by atoms with van der Waals surface area (Å²) in [5, 5.41) is 0. The average molecular weight is 286 g/mol. The molecule has 2 atom stereocenters. The SMILES string of the molecule is CCOC(=O)C(N)C(=O)N1CCCCC1C(=O)OCC. The number of amides is 1. The summed E-state index contributed by atoms with van der Waals surface area (Å²) >= 11 is 0. The minimum Gasteiger partial charge on any atom is -0.464 e. The van der Waals surface area contributed by atoms with Gasteiger partial charge in [-0.15, -0.1) is 0 Å². The van der Waals surface area contributed by atoms with Crippen molar-refractivity contribution in [3.63, 3.8) is 0 Å². The van der Waals surface area contributed by atoms with E-state index >= 15 is 0 Å². The van der Waals surface area contributed by atoms with Gasteiger partial charge in [0.1, 0.15) is 6.04 Å². The van der Waals surface area contributed by atoms with E-state index < -0.39 is 29.9 Å². The molecule has 1 heterocycles. The van der Waals surface area contributed by atoms with Crippen LogP contribution in [0.4, 0.5) is 0 Å². The summed E-state index contributed by atoms with van der Waals surface area (Å²) in [7, 11) is 0. The molecular weight excluding hydrogens is 264 g/mol. The van der Waals surface area contributed by atoms with E-state index in [0.717, 1.165) is 12.8 Å². The quantitative estimate of drug-likeness (QED) is 0.556. The first-order valence-electron chi connectivity index (χ1n) is 6.92. The molecule has 0 aromatic carbocycles. The van der Waals surface area contributed by atoms with Crippen molar-refractivity contribution in [1.82, 2.24) is 4.90 Å². The number of ether oxygens (including phenoxy) is 2. The van der Waals surface area contributed by atoms with Crippen molar-refractivity contribution in [1.29, 1.82) is 0 Å². The molecule has 2 unspecified atom stereocenters. The first-order valence-corrected chi connectivity index (χ1v) is 6.92. The number of hydrogen-bond acceptors (Lipinski definition) is 6. The molecule has 1 saturated heterocycles. The second-order valence-corrected chi connectivity index (χ2v) is 4.52. The Morgan fingerprint density at radius 2 is 1.85 bits per heavy atom. The smallest absolute Gasteiger partial charge is 0.332 e. The molecule has 0 radical (unpaired) electrons. The number of carbonyl (C=O) groups excluding carboxylic acids is 3. The minimum absolute atomic E-state index is 0.154. The van der Waals surface area contributed by atoms with Crippen LogP contribution in [0.5, 0.6) is 0 Å². The molecule has 2 N–H and O–H groups in total. The summed E-state index contributed by atoms with van der Waals surface area (Å²) in [6.07, 6.45) is 2.14. The number of esters is 2. The summed E-state index contributed by atoms with van der Waals surface area (Å²) in [4.78, 5) is 36.9. The lowest BCUT2D eigenvalue weighted by atomic mass is 10.0. The first-order chi connectivity index (χ1) is 9.52. The van der Waals surface area contributed by atoms with Crippen molar-refractivity contribution in [2.45, 2.75) is 45.2 Å². The van der Waals surface area contributed by atoms with E-state index in [4.69, 9.17) is 15.2 Å². The number of nitrogens with zero attached hydrogens (tertiary/aromatic N) is 1. The Morgan fingerprint density at radius 1 is 1.20 bits per heavy atom. The minimum atomic E-state index is -1.38. The number of carbonyl (C=O) groups is 3. The van der Waals surface area contributed by atoms with E-state index in [1.54, 1.807) is 13.8 Å². The second-order valence-electron chi connectivity index (χ2n) is 4.52. The molecule has 0 spiro atoms. The van der Waals surface area contributed by atoms with E-state index in [2.05, 4.69) is 0 Å². The molecule has 0 aromatic heterocycles. The molecular formula is C13H22N2O5. The number of rotatable bonds is 5. The van der Waals surface area contributed by atoms with Crippen LogP contribution in [-0.2, 0) is 23.9 Å². The van der Waals surface area contributed by atoms with Crippen LogP contribution in [0, 0.1) is 0 Å². The van der Waals surface area contributed by atoms with E-state index in [9.17, 15) is 14.4 Å². The predicted molar refractivity (Wildman–Crippen MR) is 70.6 cm³/mol. The van der Waals surface area contributed by atoms with Crippen LogP contribution in [0.2, 0.25) is 0 Å². The Labute approximate surface area is 118 Å². The molecule has 1 aliphatic heterocycles. The molecule has 1 rings (SSSR count). The lowest BCUT2D eigenvalue weighted by molar-refractivity contribution is -0.160. The van der Waals surface area contributed by atoms with Crippen molar-refractivity contribution in [2.75, 3.05) is 19.8 Å². The zero-order valence-electron chi connectivity index (χ0n) is 12.0. The Hall–Kier alpha value is -1.63. The summed E-state index contributed by atoms with van der Waals surface area (Å²) in [5.41, 5.74) is 5.60. The molecule has 7 nitrogen and oxygen atoms in total. The van der Waals surface area contributed by atoms with Gasteiger partial charge in [-0.1, -0.05) is 0 Å². The highest BCUT2D eigenvalue weighted by atomic mass is 16.5. The van der Waals surface area contributed by atoms with E-state index in [0.29, 0.717) is 13.0 Å². The highest BCUT2D eigenvalue weighted by Gasteiger charge is 2.37. The maximum atomic E-state index is 12.2. The molecule has 1 amide bonds. The lowest BCUT2D eigenvalue weighted by Crippen LogP contribution is -2.56. The van der Waals surface area contributed by atoms with Gasteiger partial charge in [-0.25, -0.2) is 9.59 Å². The fraction of sp³-hybridized carbons (Fsp3) is 0.769. The van der Waals surface area contributed by atoms with Crippen LogP contribution >= 0.6 is 0 Å². The predicted octanol–water partition coefficient (Wildman–Crippen LogP) is -0.179. The van der Waals surface area contributed by atoms with Gasteiger partial charge in [0.15, 0.2) is 6.04 Å². The molecule has 7 heteroatoms. The van der Waals surface area contributed by atoms with Crippen molar-refractivity contribution in [3.05, 3.63) is 0 Å². The van der Waals surface area contributed by atoms with Crippen LogP contribution in [0.3, 0.4) is 0 Å². The molecule has 0 bridgehead atoms. The van der Waals surface area contributed by atoms with E-state index in [1.807, 2.05) is 0 Å². The van der Waals surface area contributed by atoms with Gasteiger partial charge in [-0.3, -0.25) is 4.79 Å². The number of hydrogen-bond donors (Lipinski definition) is 1. The molecule has 1 aliphatic rings. The third kappa shape index (κ3) is 3.93. The third-order valence-electron chi connectivity index (χ3n) is 3.15. The van der Waals surface area contributed by atoms with Gasteiger partial charge in [0.25, 0.3) is 5.91 Å². The number of nitrogens with two attached hydrogens (primary N) is 1. The van der Waals surface area contributed by atoms with Crippen molar-refractivity contribution >= 4 is 17.8 Å². The summed E-state index contributed by atoms with van der Waals surface area (Å²) in [5.74, 6) is -1.80. The normalized spacial score (nSPS) is 20.1. The van der Waals surface area contributed by atoms with E-state index in [1.165, 1.54) is 4.90 Å². The zero-order valence-corrected chi connectivity index (χ0v) is 12.0. The molecule has 0 aromatic rings. The summed E-state index contributed by atoms with van der Waals surface area (Å²) in [6.45, 7) is 4.15. The Bertz CT molecular complexity index is 372. The fourth-order valence-corrected chi connectivity index (χ4v) is 2.19. The van der Waals surface area contributed by atoms with E-state index in [-0.39, 0.29) is 13.2 Å². The molecule has 20 heavy (non-hydrogen) atoms. The van der Waals surface area contributed by atoms with Crippen molar-refractivity contribution in [2.24, 2.45) is 5.73 Å². The van der Waals surface area contributed by atoms with Crippen LogP contribution in [0.15, 0.2) is 0 Å². The largest absolute Gasteiger partial charge is 0.464 e. The van der Waals surface area contributed by atoms with Gasteiger partial charge in [-0.2, -0.15) is 0 Å². The highest BCUT2D eigenvalue weighted by molar-refractivity contribution is 6.03. The maximum absolute atomic E-state index is 12.2. The molecule has 0 aliphatic carbocycles. The standard InChI is InChI=1S/C13H22N2O5/c1-3-19-12(17)9-7-5-6-8-15(9)11(16)10(14)13(18)20-4-2/h9-10H,3-8,14H2,1-2H3. The Balaban J connectivity index is 2.76. The molecule has 114 valence electrons. The van der Waals surface area contributed by atoms with Crippen LogP contribution in [0.25, 0.3) is 0 Å². The zero-order chi connectivity index (χ0) is 15.1. The summed E-state index contributed by atoms with van der Waals surface area (Å²) < 4.78 is 9.69. The number of likely N-dealkylation sites (tertiary alicyclic amines) is 1. The third-order valence-corrected chi connectivity index (χ3v) is 3.15. The van der Waals surface area contributed by atoms with Gasteiger partial charge < -0.3 is 20.1 Å². The van der Waals surface area contributed by atoms with Crippen molar-refractivity contribution in [3.8, 4) is 0 Å². The second kappa shape index (κ2) is 7.84. The van der Waals surface area contributed by atoms with Gasteiger partial charge in [0, 0.05) is 6.54 Å². The van der Waals surface area contributed by atoms with Gasteiger partial charge in [-0.05, 0) is 33.1 Å². The monoisotopic (exact) mass is 286 g/mol. The average Bonchev–Trinajstić information content (AvgIpc) is 2.46. The number of piperidine rings is 1. The van der Waals surface area contributed by atoms with Crippen LogP contribution in [-0.4, -0.2) is 54.6 Å². The van der Waals surface area contributed by atoms with Gasteiger partial charge in [0.2, 0.25) is 0 Å². The Morgan fingerprint density at radius 3 is 2.45 bits per heavy atom.